The Morgan fingerprint density at radius 2 is 2.00 bits per heavy atom. The normalized spacial score (nSPS) is 12.5. The van der Waals surface area contributed by atoms with Crippen molar-refractivity contribution < 1.29 is 4.39 Å². The van der Waals surface area contributed by atoms with Gasteiger partial charge in [-0.2, -0.15) is 0 Å². The minimum absolute atomic E-state index is 0.187. The number of nitrogens with two attached hydrogens (primary N) is 1. The van der Waals surface area contributed by atoms with E-state index in [9.17, 15) is 4.39 Å². The highest BCUT2D eigenvalue weighted by molar-refractivity contribution is 9.10. The van der Waals surface area contributed by atoms with E-state index in [0.29, 0.717) is 10.9 Å². The highest BCUT2D eigenvalue weighted by atomic mass is 79.9. The number of hydrogen-bond acceptors (Lipinski definition) is 2. The summed E-state index contributed by atoms with van der Waals surface area (Å²) in [6.45, 7) is 0. The molecule has 0 aliphatic heterocycles. The molecule has 0 saturated carbocycles. The minimum atomic E-state index is -0.262. The van der Waals surface area contributed by atoms with Gasteiger partial charge in [0.15, 0.2) is 0 Å². The van der Waals surface area contributed by atoms with Crippen LogP contribution in [0, 0.1) is 5.82 Å². The highest BCUT2D eigenvalue weighted by Gasteiger charge is 2.12. The SMILES string of the molecule is NC(Cc1cccc(F)c1Br)c1ccc2ncccc2c1. The highest BCUT2D eigenvalue weighted by Crippen LogP contribution is 2.26. The molecular weight excluding hydrogens is 331 g/mol. The Hall–Kier alpha value is -1.78. The third-order valence-corrected chi connectivity index (χ3v) is 4.41. The van der Waals surface area contributed by atoms with Crippen molar-refractivity contribution in [1.29, 1.82) is 0 Å². The summed E-state index contributed by atoms with van der Waals surface area (Å²) in [5.41, 5.74) is 9.11. The van der Waals surface area contributed by atoms with Gasteiger partial charge in [-0.05, 0) is 57.7 Å². The van der Waals surface area contributed by atoms with E-state index >= 15 is 0 Å². The van der Waals surface area contributed by atoms with E-state index in [1.54, 1.807) is 12.3 Å². The molecular formula is C17H14BrFN2. The van der Waals surface area contributed by atoms with E-state index < -0.39 is 0 Å². The van der Waals surface area contributed by atoms with E-state index in [1.165, 1.54) is 6.07 Å². The van der Waals surface area contributed by atoms with Crippen LogP contribution < -0.4 is 5.73 Å². The number of rotatable bonds is 3. The fourth-order valence-corrected chi connectivity index (χ4v) is 2.81. The first-order chi connectivity index (χ1) is 10.1. The van der Waals surface area contributed by atoms with E-state index in [0.717, 1.165) is 22.0 Å². The zero-order chi connectivity index (χ0) is 14.8. The molecule has 1 atom stereocenters. The molecule has 0 spiro atoms. The number of benzene rings is 2. The van der Waals surface area contributed by atoms with Gasteiger partial charge in [0.05, 0.1) is 9.99 Å². The van der Waals surface area contributed by atoms with Gasteiger partial charge in [0.1, 0.15) is 5.82 Å². The van der Waals surface area contributed by atoms with Crippen LogP contribution in [-0.4, -0.2) is 4.98 Å². The minimum Gasteiger partial charge on any atom is -0.324 e. The summed E-state index contributed by atoms with van der Waals surface area (Å²) in [4.78, 5) is 4.29. The summed E-state index contributed by atoms with van der Waals surface area (Å²) in [5.74, 6) is -0.262. The Morgan fingerprint density at radius 1 is 1.14 bits per heavy atom. The van der Waals surface area contributed by atoms with Gasteiger partial charge in [0.25, 0.3) is 0 Å². The van der Waals surface area contributed by atoms with Crippen molar-refractivity contribution in [3.05, 3.63) is 76.1 Å². The van der Waals surface area contributed by atoms with Crippen LogP contribution in [0.3, 0.4) is 0 Å². The molecule has 0 aliphatic rings. The average Bonchev–Trinajstić information content (AvgIpc) is 2.51. The van der Waals surface area contributed by atoms with Gasteiger partial charge in [0.2, 0.25) is 0 Å². The quantitative estimate of drug-likeness (QED) is 0.765. The van der Waals surface area contributed by atoms with Crippen LogP contribution in [0.25, 0.3) is 10.9 Å². The third kappa shape index (κ3) is 2.96. The second-order valence-electron chi connectivity index (χ2n) is 4.98. The molecule has 0 amide bonds. The first-order valence-corrected chi connectivity index (χ1v) is 7.47. The molecule has 0 aliphatic carbocycles. The van der Waals surface area contributed by atoms with Crippen molar-refractivity contribution in [2.45, 2.75) is 12.5 Å². The standard InChI is InChI=1S/C17H14BrFN2/c18-17-13(3-1-5-14(17)19)10-15(20)11-6-7-16-12(9-11)4-2-8-21-16/h1-9,15H,10,20H2. The maximum Gasteiger partial charge on any atom is 0.137 e. The van der Waals surface area contributed by atoms with Crippen molar-refractivity contribution in [3.63, 3.8) is 0 Å². The predicted octanol–water partition coefficient (Wildman–Crippen LogP) is 4.38. The lowest BCUT2D eigenvalue weighted by Crippen LogP contribution is -2.13. The van der Waals surface area contributed by atoms with Crippen molar-refractivity contribution >= 4 is 26.8 Å². The summed E-state index contributed by atoms with van der Waals surface area (Å²) in [5, 5.41) is 1.06. The molecule has 4 heteroatoms. The molecule has 2 nitrogen and oxygen atoms in total. The van der Waals surface area contributed by atoms with Gasteiger partial charge in [0, 0.05) is 17.6 Å². The van der Waals surface area contributed by atoms with Crippen LogP contribution >= 0.6 is 15.9 Å². The molecule has 0 fully saturated rings. The predicted molar refractivity (Wildman–Crippen MR) is 86.5 cm³/mol. The molecule has 1 aromatic heterocycles. The van der Waals surface area contributed by atoms with Crippen LogP contribution in [0.5, 0.6) is 0 Å². The topological polar surface area (TPSA) is 38.9 Å². The van der Waals surface area contributed by atoms with Crippen LogP contribution in [0.1, 0.15) is 17.2 Å². The van der Waals surface area contributed by atoms with Crippen LogP contribution in [-0.2, 0) is 6.42 Å². The molecule has 106 valence electrons. The number of pyridine rings is 1. The third-order valence-electron chi connectivity index (χ3n) is 3.53. The van der Waals surface area contributed by atoms with Crippen molar-refractivity contribution in [1.82, 2.24) is 4.98 Å². The Bertz CT molecular complexity index is 789. The maximum absolute atomic E-state index is 13.5. The van der Waals surface area contributed by atoms with Gasteiger partial charge in [-0.25, -0.2) is 4.39 Å². The van der Waals surface area contributed by atoms with E-state index in [4.69, 9.17) is 5.73 Å². The molecule has 3 aromatic rings. The van der Waals surface area contributed by atoms with Gasteiger partial charge in [-0.1, -0.05) is 24.3 Å². The fourth-order valence-electron chi connectivity index (χ4n) is 2.39. The van der Waals surface area contributed by atoms with Crippen molar-refractivity contribution in [2.24, 2.45) is 5.73 Å². The van der Waals surface area contributed by atoms with E-state index in [-0.39, 0.29) is 11.9 Å². The van der Waals surface area contributed by atoms with Crippen LogP contribution in [0.2, 0.25) is 0 Å². The lowest BCUT2D eigenvalue weighted by molar-refractivity contribution is 0.614. The Kier molecular flexibility index (Phi) is 3.99. The van der Waals surface area contributed by atoms with E-state index in [2.05, 4.69) is 20.9 Å². The molecule has 1 heterocycles. The van der Waals surface area contributed by atoms with Crippen molar-refractivity contribution in [2.75, 3.05) is 0 Å². The number of nitrogens with zero attached hydrogens (tertiary/aromatic N) is 1. The maximum atomic E-state index is 13.5. The number of aromatic nitrogens is 1. The Morgan fingerprint density at radius 3 is 2.86 bits per heavy atom. The summed E-state index contributed by atoms with van der Waals surface area (Å²) in [6, 6.07) is 14.7. The molecule has 2 aromatic carbocycles. The first-order valence-electron chi connectivity index (χ1n) is 6.68. The molecule has 0 bridgehead atoms. The number of fused-ring (bicyclic) bond motifs is 1. The summed E-state index contributed by atoms with van der Waals surface area (Å²) >= 11 is 3.28. The smallest absolute Gasteiger partial charge is 0.137 e. The summed E-state index contributed by atoms with van der Waals surface area (Å²) in [7, 11) is 0. The molecule has 21 heavy (non-hydrogen) atoms. The van der Waals surface area contributed by atoms with Gasteiger partial charge in [-0.3, -0.25) is 4.98 Å². The molecule has 0 radical (unpaired) electrons. The second-order valence-corrected chi connectivity index (χ2v) is 5.77. The van der Waals surface area contributed by atoms with E-state index in [1.807, 2.05) is 36.4 Å². The summed E-state index contributed by atoms with van der Waals surface area (Å²) < 4.78 is 14.0. The monoisotopic (exact) mass is 344 g/mol. The lowest BCUT2D eigenvalue weighted by atomic mass is 9.98. The van der Waals surface area contributed by atoms with Gasteiger partial charge < -0.3 is 5.73 Å². The summed E-state index contributed by atoms with van der Waals surface area (Å²) in [6.07, 6.45) is 2.34. The number of halogens is 2. The molecule has 2 N–H and O–H groups in total. The second kappa shape index (κ2) is 5.92. The molecule has 1 unspecified atom stereocenters. The zero-order valence-corrected chi connectivity index (χ0v) is 12.8. The van der Waals surface area contributed by atoms with Crippen LogP contribution in [0.4, 0.5) is 4.39 Å². The molecule has 3 rings (SSSR count). The van der Waals surface area contributed by atoms with Gasteiger partial charge in [-0.15, -0.1) is 0 Å². The van der Waals surface area contributed by atoms with Gasteiger partial charge >= 0.3 is 0 Å². The zero-order valence-electron chi connectivity index (χ0n) is 11.3. The average molecular weight is 345 g/mol. The first kappa shape index (κ1) is 14.2. The number of hydrogen-bond donors (Lipinski definition) is 1. The lowest BCUT2D eigenvalue weighted by Gasteiger charge is -2.14. The fraction of sp³-hybridized carbons (Fsp3) is 0.118. The van der Waals surface area contributed by atoms with Crippen molar-refractivity contribution in [3.8, 4) is 0 Å². The largest absolute Gasteiger partial charge is 0.324 e. The molecule has 0 saturated heterocycles. The Balaban J connectivity index is 1.89. The van der Waals surface area contributed by atoms with Crippen LogP contribution in [0.15, 0.2) is 59.2 Å². The Labute approximate surface area is 130 Å².